The zero-order valence-electron chi connectivity index (χ0n) is 21.5. The largest absolute Gasteiger partial charge is 0.454 e. The number of anilines is 1. The molecular formula is C26H30N6O5S. The van der Waals surface area contributed by atoms with E-state index in [0.29, 0.717) is 47.7 Å². The summed E-state index contributed by atoms with van der Waals surface area (Å²) in [5, 5.41) is 21.2. The third-order valence-corrected chi connectivity index (χ3v) is 6.40. The van der Waals surface area contributed by atoms with E-state index >= 15 is 0 Å². The maximum atomic E-state index is 12.9. The molecule has 2 atom stereocenters. The highest BCUT2D eigenvalue weighted by atomic mass is 32.1. The normalized spacial score (nSPS) is 16.8. The second-order valence-corrected chi connectivity index (χ2v) is 10.8. The number of carbonyl (C=O) groups excluding carboxylic acids is 2. The van der Waals surface area contributed by atoms with Gasteiger partial charge in [-0.2, -0.15) is 5.26 Å². The van der Waals surface area contributed by atoms with Crippen LogP contribution < -0.4 is 11.1 Å². The number of nitrogens with one attached hydrogen (secondary N) is 1. The van der Waals surface area contributed by atoms with Gasteiger partial charge in [0.05, 0.1) is 12.6 Å². The van der Waals surface area contributed by atoms with Gasteiger partial charge in [-0.25, -0.2) is 4.79 Å². The van der Waals surface area contributed by atoms with Gasteiger partial charge in [-0.05, 0) is 44.9 Å². The summed E-state index contributed by atoms with van der Waals surface area (Å²) in [6.07, 6.45) is -0.491. The van der Waals surface area contributed by atoms with Crippen LogP contribution in [0.1, 0.15) is 32.8 Å². The number of benzene rings is 1. The van der Waals surface area contributed by atoms with Crippen molar-refractivity contribution in [2.75, 3.05) is 25.4 Å². The Labute approximate surface area is 224 Å². The first-order chi connectivity index (χ1) is 18.1. The quantitative estimate of drug-likeness (QED) is 0.478. The molecule has 4 rings (SSSR count). The fourth-order valence-electron chi connectivity index (χ4n) is 3.85. The van der Waals surface area contributed by atoms with Gasteiger partial charge < -0.3 is 29.8 Å². The zero-order valence-corrected chi connectivity index (χ0v) is 22.3. The molecule has 0 saturated carbocycles. The molecular weight excluding hydrogens is 508 g/mol. The molecule has 0 unspecified atom stereocenters. The predicted molar refractivity (Wildman–Crippen MR) is 141 cm³/mol. The van der Waals surface area contributed by atoms with E-state index in [0.717, 1.165) is 11.1 Å². The Morgan fingerprint density at radius 3 is 2.63 bits per heavy atom. The van der Waals surface area contributed by atoms with Crippen molar-refractivity contribution in [2.24, 2.45) is 0 Å². The van der Waals surface area contributed by atoms with Crippen molar-refractivity contribution in [2.45, 2.75) is 51.4 Å². The Kier molecular flexibility index (Phi) is 8.29. The lowest BCUT2D eigenvalue weighted by Gasteiger charge is -2.27. The Bertz CT molecular complexity index is 1310. The van der Waals surface area contributed by atoms with E-state index in [4.69, 9.17) is 19.6 Å². The van der Waals surface area contributed by atoms with Crippen molar-refractivity contribution in [1.82, 2.24) is 20.4 Å². The molecule has 3 aromatic rings. The van der Waals surface area contributed by atoms with Crippen LogP contribution in [-0.2, 0) is 20.7 Å². The van der Waals surface area contributed by atoms with Gasteiger partial charge in [-0.1, -0.05) is 35.6 Å². The molecule has 1 aromatic carbocycles. The lowest BCUT2D eigenvalue weighted by molar-refractivity contribution is -0.133. The van der Waals surface area contributed by atoms with Crippen LogP contribution in [-0.4, -0.2) is 64.5 Å². The van der Waals surface area contributed by atoms with Crippen LogP contribution in [0.5, 0.6) is 0 Å². The molecule has 3 heterocycles. The number of furan rings is 1. The molecule has 3 N–H and O–H groups in total. The van der Waals surface area contributed by atoms with Gasteiger partial charge in [-0.15, -0.1) is 10.2 Å². The van der Waals surface area contributed by atoms with Crippen molar-refractivity contribution < 1.29 is 23.5 Å². The van der Waals surface area contributed by atoms with Gasteiger partial charge in [0.25, 0.3) is 5.91 Å². The van der Waals surface area contributed by atoms with Gasteiger partial charge in [-0.3, -0.25) is 4.79 Å². The van der Waals surface area contributed by atoms with Gasteiger partial charge >= 0.3 is 6.09 Å². The number of nitriles is 1. The van der Waals surface area contributed by atoms with Crippen molar-refractivity contribution in [3.63, 3.8) is 0 Å². The Balaban J connectivity index is 1.35. The summed E-state index contributed by atoms with van der Waals surface area (Å²) in [7, 11) is 0. The highest BCUT2D eigenvalue weighted by molar-refractivity contribution is 7.18. The number of nitrogens with zero attached hydrogens (tertiary/aromatic N) is 4. The molecule has 0 radical (unpaired) electrons. The molecule has 1 aliphatic rings. The number of aromatic nitrogens is 2. The fraction of sp³-hybridized carbons (Fsp3) is 0.423. The Morgan fingerprint density at radius 2 is 1.97 bits per heavy atom. The second kappa shape index (κ2) is 11.6. The third-order valence-electron chi connectivity index (χ3n) is 5.63. The first-order valence-electron chi connectivity index (χ1n) is 12.2. The maximum Gasteiger partial charge on any atom is 0.410 e. The number of ether oxygens (including phenoxy) is 2. The molecule has 2 aromatic heterocycles. The summed E-state index contributed by atoms with van der Waals surface area (Å²) < 4.78 is 17.0. The smallest absolute Gasteiger partial charge is 0.410 e. The summed E-state index contributed by atoms with van der Waals surface area (Å²) >= 11 is 1.24. The minimum atomic E-state index is -0.889. The van der Waals surface area contributed by atoms with Crippen LogP contribution in [0.15, 0.2) is 40.8 Å². The van der Waals surface area contributed by atoms with Gasteiger partial charge in [0.15, 0.2) is 16.9 Å². The van der Waals surface area contributed by atoms with Crippen molar-refractivity contribution in [1.29, 1.82) is 5.26 Å². The van der Waals surface area contributed by atoms with Crippen molar-refractivity contribution >= 4 is 28.5 Å². The standard InChI is InChI=1S/C26H30N6O5S/c1-26(2,3)37-25(34)32-11-4-12-35-21(15-32)22(33)29-18(14-27)13-16-5-7-17(8-6-16)19-9-10-20(36-19)23-30-31-24(28)38-23/h5-10,18,21H,4,11-13,15H2,1-3H3,(H2,28,31)(H,29,33)/t18-,21-/m0/s1. The van der Waals surface area contributed by atoms with Crippen LogP contribution >= 0.6 is 11.3 Å². The first kappa shape index (κ1) is 27.1. The molecule has 0 aliphatic carbocycles. The highest BCUT2D eigenvalue weighted by Gasteiger charge is 2.31. The first-order valence-corrected chi connectivity index (χ1v) is 13.0. The summed E-state index contributed by atoms with van der Waals surface area (Å²) in [6, 6.07) is 12.5. The molecule has 0 spiro atoms. The predicted octanol–water partition coefficient (Wildman–Crippen LogP) is 3.62. The lowest BCUT2D eigenvalue weighted by Crippen LogP contribution is -2.48. The number of nitrogens with two attached hydrogens (primary N) is 1. The molecule has 11 nitrogen and oxygen atoms in total. The van der Waals surface area contributed by atoms with E-state index in [-0.39, 0.29) is 6.54 Å². The Hall–Kier alpha value is -3.95. The maximum absolute atomic E-state index is 12.9. The SMILES string of the molecule is CC(C)(C)OC(=O)N1CCCO[C@H](C(=O)N[C@H](C#N)Cc2ccc(-c3ccc(-c4nnc(N)s4)o3)cc2)C1. The summed E-state index contributed by atoms with van der Waals surface area (Å²) in [5.74, 6) is 0.797. The molecule has 0 bridgehead atoms. The molecule has 1 aliphatic heterocycles. The number of hydrogen-bond acceptors (Lipinski definition) is 10. The monoisotopic (exact) mass is 538 g/mol. The van der Waals surface area contributed by atoms with E-state index in [9.17, 15) is 14.9 Å². The van der Waals surface area contributed by atoms with Gasteiger partial charge in [0.1, 0.15) is 17.4 Å². The van der Waals surface area contributed by atoms with E-state index in [1.807, 2.05) is 36.4 Å². The average molecular weight is 539 g/mol. The minimum Gasteiger partial charge on any atom is -0.454 e. The topological polar surface area (TPSA) is 157 Å². The fourth-order valence-corrected chi connectivity index (χ4v) is 4.42. The number of rotatable bonds is 6. The summed E-state index contributed by atoms with van der Waals surface area (Å²) in [4.78, 5) is 26.9. The second-order valence-electron chi connectivity index (χ2n) is 9.84. The molecule has 2 amide bonds. The summed E-state index contributed by atoms with van der Waals surface area (Å²) in [5.41, 5.74) is 6.72. The third kappa shape index (κ3) is 7.08. The van der Waals surface area contributed by atoms with E-state index in [1.165, 1.54) is 16.2 Å². The lowest BCUT2D eigenvalue weighted by atomic mass is 10.0. The number of hydrogen-bond donors (Lipinski definition) is 2. The van der Waals surface area contributed by atoms with Crippen LogP contribution in [0, 0.1) is 11.3 Å². The van der Waals surface area contributed by atoms with Gasteiger partial charge in [0, 0.05) is 25.1 Å². The number of nitrogen functional groups attached to an aromatic ring is 1. The van der Waals surface area contributed by atoms with E-state index < -0.39 is 29.7 Å². The highest BCUT2D eigenvalue weighted by Crippen LogP contribution is 2.31. The minimum absolute atomic E-state index is 0.0579. The molecule has 38 heavy (non-hydrogen) atoms. The molecule has 1 saturated heterocycles. The van der Waals surface area contributed by atoms with Crippen molar-refractivity contribution in [3.8, 4) is 28.2 Å². The van der Waals surface area contributed by atoms with Gasteiger partial charge in [0.2, 0.25) is 5.13 Å². The molecule has 1 fully saturated rings. The molecule has 12 heteroatoms. The number of amides is 2. The van der Waals surface area contributed by atoms with Crippen LogP contribution in [0.4, 0.5) is 9.93 Å². The van der Waals surface area contributed by atoms with Crippen LogP contribution in [0.25, 0.3) is 22.1 Å². The van der Waals surface area contributed by atoms with Crippen LogP contribution in [0.2, 0.25) is 0 Å². The van der Waals surface area contributed by atoms with E-state index in [1.54, 1.807) is 20.8 Å². The van der Waals surface area contributed by atoms with Crippen LogP contribution in [0.3, 0.4) is 0 Å². The Morgan fingerprint density at radius 1 is 1.24 bits per heavy atom. The average Bonchev–Trinajstić information content (AvgIpc) is 3.45. The summed E-state index contributed by atoms with van der Waals surface area (Å²) in [6.45, 7) is 6.18. The van der Waals surface area contributed by atoms with Crippen molar-refractivity contribution in [3.05, 3.63) is 42.0 Å². The zero-order chi connectivity index (χ0) is 27.3. The molecule has 200 valence electrons. The van der Waals surface area contributed by atoms with E-state index in [2.05, 4.69) is 21.6 Å². The number of carbonyl (C=O) groups is 2.